The lowest BCUT2D eigenvalue weighted by atomic mass is 9.89. The van der Waals surface area contributed by atoms with Crippen molar-refractivity contribution in [3.8, 4) is 0 Å². The van der Waals surface area contributed by atoms with E-state index in [1.165, 1.54) is 55.3 Å². The summed E-state index contributed by atoms with van der Waals surface area (Å²) in [7, 11) is 8.56. The van der Waals surface area contributed by atoms with E-state index in [9.17, 15) is 0 Å². The molecule has 0 N–H and O–H groups in total. The van der Waals surface area contributed by atoms with Gasteiger partial charge in [-0.2, -0.15) is 0 Å². The summed E-state index contributed by atoms with van der Waals surface area (Å²) in [5, 5.41) is 2.63. The Morgan fingerprint density at radius 3 is 1.52 bits per heavy atom. The lowest BCUT2D eigenvalue weighted by Gasteiger charge is -2.19. The quantitative estimate of drug-likeness (QED) is 0.603. The summed E-state index contributed by atoms with van der Waals surface area (Å²) in [6.45, 7) is 15.3. The van der Waals surface area contributed by atoms with Crippen LogP contribution in [0.2, 0.25) is 0 Å². The van der Waals surface area contributed by atoms with Crippen molar-refractivity contribution in [3.05, 3.63) is 44.5 Å². The van der Waals surface area contributed by atoms with Crippen molar-refractivity contribution in [2.75, 3.05) is 28.2 Å². The van der Waals surface area contributed by atoms with Gasteiger partial charge in [-0.05, 0) is 114 Å². The van der Waals surface area contributed by atoms with Gasteiger partial charge in [0.1, 0.15) is 11.2 Å². The van der Waals surface area contributed by atoms with Gasteiger partial charge < -0.3 is 14.2 Å². The van der Waals surface area contributed by atoms with Crippen LogP contribution in [0.25, 0.3) is 21.9 Å². The summed E-state index contributed by atoms with van der Waals surface area (Å²) in [5.41, 5.74) is 13.0. The van der Waals surface area contributed by atoms with E-state index >= 15 is 0 Å². The fourth-order valence-electron chi connectivity index (χ4n) is 4.37. The van der Waals surface area contributed by atoms with Gasteiger partial charge in [0, 0.05) is 23.9 Å². The molecule has 2 aromatic carbocycles. The molecule has 0 saturated carbocycles. The Bertz CT molecular complexity index is 1040. The molecule has 0 amide bonds. The van der Waals surface area contributed by atoms with Crippen LogP contribution >= 0.6 is 0 Å². The second-order valence-electron chi connectivity index (χ2n) is 8.69. The summed E-state index contributed by atoms with van der Waals surface area (Å²) in [6.07, 6.45) is 0. The van der Waals surface area contributed by atoms with Gasteiger partial charge in [-0.25, -0.2) is 0 Å². The fraction of sp³-hybridized carbons (Fsp3) is 0.500. The number of hydrogen-bond acceptors (Lipinski definition) is 3. The molecule has 0 unspecified atom stereocenters. The van der Waals surface area contributed by atoms with Gasteiger partial charge in [-0.3, -0.25) is 0 Å². The summed E-state index contributed by atoms with van der Waals surface area (Å²) >= 11 is 0. The first kappa shape index (κ1) is 19.9. The molecule has 0 spiro atoms. The lowest BCUT2D eigenvalue weighted by Crippen LogP contribution is -2.14. The zero-order valence-electron chi connectivity index (χ0n) is 18.7. The SMILES string of the molecule is Cc1c(CN(C)C)c(C)c2c(oc3c(C)c(C)c(C)c(CN(C)C)c32)c1C. The molecule has 146 valence electrons. The molecule has 3 rings (SSSR count). The zero-order chi connectivity index (χ0) is 20.2. The Morgan fingerprint density at radius 1 is 0.519 bits per heavy atom. The lowest BCUT2D eigenvalue weighted by molar-refractivity contribution is 0.400. The number of fused-ring (bicyclic) bond motifs is 3. The van der Waals surface area contributed by atoms with Crippen molar-refractivity contribution in [2.45, 2.75) is 54.6 Å². The first-order valence-corrected chi connectivity index (χ1v) is 9.79. The van der Waals surface area contributed by atoms with E-state index in [0.717, 1.165) is 24.3 Å². The maximum absolute atomic E-state index is 6.56. The van der Waals surface area contributed by atoms with Gasteiger partial charge in [0.2, 0.25) is 0 Å². The third-order valence-corrected chi connectivity index (χ3v) is 6.26. The van der Waals surface area contributed by atoms with Crippen LogP contribution < -0.4 is 0 Å². The van der Waals surface area contributed by atoms with Crippen molar-refractivity contribution in [3.63, 3.8) is 0 Å². The largest absolute Gasteiger partial charge is 0.455 e. The molecule has 3 aromatic rings. The van der Waals surface area contributed by atoms with Gasteiger partial charge in [0.25, 0.3) is 0 Å². The van der Waals surface area contributed by atoms with Crippen LogP contribution in [0.5, 0.6) is 0 Å². The van der Waals surface area contributed by atoms with Crippen LogP contribution in [0.3, 0.4) is 0 Å². The van der Waals surface area contributed by atoms with Crippen LogP contribution in [0, 0.1) is 41.5 Å². The third-order valence-electron chi connectivity index (χ3n) is 6.26. The molecular weight excluding hydrogens is 332 g/mol. The van der Waals surface area contributed by atoms with Crippen LogP contribution in [0.1, 0.15) is 44.5 Å². The van der Waals surface area contributed by atoms with E-state index in [1.807, 2.05) is 0 Å². The molecule has 3 heteroatoms. The molecule has 0 atom stereocenters. The Labute approximate surface area is 163 Å². The van der Waals surface area contributed by atoms with E-state index in [-0.39, 0.29) is 0 Å². The molecule has 27 heavy (non-hydrogen) atoms. The molecule has 0 aliphatic rings. The number of furan rings is 1. The van der Waals surface area contributed by atoms with Crippen molar-refractivity contribution in [1.29, 1.82) is 0 Å². The number of aryl methyl sites for hydroxylation is 3. The van der Waals surface area contributed by atoms with Gasteiger partial charge in [0.05, 0.1) is 0 Å². The minimum absolute atomic E-state index is 0.924. The molecule has 1 aromatic heterocycles. The molecule has 0 aliphatic carbocycles. The molecule has 3 nitrogen and oxygen atoms in total. The standard InChI is InChI=1S/C24H34N2O/c1-13-14(2)20(12-26(9)10)22-21-18(6)19(11-25(7)8)15(3)17(5)23(21)27-24(22)16(13)4/h11-12H2,1-10H3. The predicted molar refractivity (Wildman–Crippen MR) is 117 cm³/mol. The van der Waals surface area contributed by atoms with Crippen molar-refractivity contribution in [2.24, 2.45) is 0 Å². The molecule has 0 fully saturated rings. The minimum Gasteiger partial charge on any atom is -0.455 e. The van der Waals surface area contributed by atoms with Crippen molar-refractivity contribution < 1.29 is 4.42 Å². The van der Waals surface area contributed by atoms with E-state index in [4.69, 9.17) is 4.42 Å². The molecule has 0 bridgehead atoms. The predicted octanol–water partition coefficient (Wildman–Crippen LogP) is 5.56. The highest BCUT2D eigenvalue weighted by Crippen LogP contribution is 2.42. The van der Waals surface area contributed by atoms with Crippen LogP contribution in [-0.4, -0.2) is 38.0 Å². The number of nitrogens with zero attached hydrogens (tertiary/aromatic N) is 2. The third kappa shape index (κ3) is 3.07. The van der Waals surface area contributed by atoms with E-state index in [2.05, 4.69) is 79.5 Å². The topological polar surface area (TPSA) is 19.6 Å². The second kappa shape index (κ2) is 6.96. The number of hydrogen-bond donors (Lipinski definition) is 0. The van der Waals surface area contributed by atoms with Crippen LogP contribution in [-0.2, 0) is 13.1 Å². The monoisotopic (exact) mass is 366 g/mol. The Hall–Kier alpha value is -1.84. The zero-order valence-corrected chi connectivity index (χ0v) is 18.7. The van der Waals surface area contributed by atoms with Crippen LogP contribution in [0.4, 0.5) is 0 Å². The minimum atomic E-state index is 0.924. The molecular formula is C24H34N2O. The molecule has 0 radical (unpaired) electrons. The normalized spacial score (nSPS) is 12.3. The maximum atomic E-state index is 6.56. The maximum Gasteiger partial charge on any atom is 0.138 e. The van der Waals surface area contributed by atoms with E-state index in [1.54, 1.807) is 0 Å². The highest BCUT2D eigenvalue weighted by Gasteiger charge is 2.23. The highest BCUT2D eigenvalue weighted by molar-refractivity contribution is 6.11. The summed E-state index contributed by atoms with van der Waals surface area (Å²) in [4.78, 5) is 4.51. The van der Waals surface area contributed by atoms with E-state index < -0.39 is 0 Å². The number of rotatable bonds is 4. The molecule has 0 saturated heterocycles. The summed E-state index contributed by atoms with van der Waals surface area (Å²) in [6, 6.07) is 0. The van der Waals surface area contributed by atoms with Crippen molar-refractivity contribution in [1.82, 2.24) is 9.80 Å². The number of benzene rings is 2. The smallest absolute Gasteiger partial charge is 0.138 e. The highest BCUT2D eigenvalue weighted by atomic mass is 16.3. The first-order chi connectivity index (χ1) is 12.6. The molecule has 0 aliphatic heterocycles. The summed E-state index contributed by atoms with van der Waals surface area (Å²) < 4.78 is 6.56. The Balaban J connectivity index is 2.57. The fourth-order valence-corrected chi connectivity index (χ4v) is 4.37. The summed E-state index contributed by atoms with van der Waals surface area (Å²) in [5.74, 6) is 0. The first-order valence-electron chi connectivity index (χ1n) is 9.79. The van der Waals surface area contributed by atoms with Crippen LogP contribution in [0.15, 0.2) is 4.42 Å². The van der Waals surface area contributed by atoms with Gasteiger partial charge in [0.15, 0.2) is 0 Å². The average molecular weight is 367 g/mol. The Morgan fingerprint density at radius 2 is 0.963 bits per heavy atom. The van der Waals surface area contributed by atoms with Crippen molar-refractivity contribution >= 4 is 21.9 Å². The average Bonchev–Trinajstić information content (AvgIpc) is 2.99. The molecule has 1 heterocycles. The van der Waals surface area contributed by atoms with E-state index in [0.29, 0.717) is 0 Å². The Kier molecular flexibility index (Phi) is 5.13. The van der Waals surface area contributed by atoms with Gasteiger partial charge >= 0.3 is 0 Å². The van der Waals surface area contributed by atoms with Gasteiger partial charge in [-0.1, -0.05) is 0 Å². The second-order valence-corrected chi connectivity index (χ2v) is 8.69. The van der Waals surface area contributed by atoms with Gasteiger partial charge in [-0.15, -0.1) is 0 Å².